The summed E-state index contributed by atoms with van der Waals surface area (Å²) >= 11 is 3.49. The van der Waals surface area contributed by atoms with Crippen LogP contribution in [-0.2, 0) is 0 Å². The van der Waals surface area contributed by atoms with Gasteiger partial charge in [0.05, 0.1) is 0 Å². The number of aryl methyl sites for hydroxylation is 2. The molecule has 0 radical (unpaired) electrons. The van der Waals surface area contributed by atoms with Crippen LogP contribution in [0.15, 0.2) is 40.9 Å². The topological polar surface area (TPSA) is 35.2 Å². The first kappa shape index (κ1) is 13.7. The van der Waals surface area contributed by atoms with Crippen molar-refractivity contribution >= 4 is 15.9 Å². The van der Waals surface area contributed by atoms with Crippen LogP contribution in [0.3, 0.4) is 0 Å². The Hall–Kier alpha value is -1.32. The normalized spacial score (nSPS) is 21.2. The van der Waals surface area contributed by atoms with Crippen molar-refractivity contribution < 1.29 is 4.74 Å². The summed E-state index contributed by atoms with van der Waals surface area (Å²) in [7, 11) is 0. The lowest BCUT2D eigenvalue weighted by Crippen LogP contribution is -2.25. The lowest BCUT2D eigenvalue weighted by molar-refractivity contribution is 0.160. The molecule has 0 bridgehead atoms. The van der Waals surface area contributed by atoms with Crippen LogP contribution in [0.5, 0.6) is 5.75 Å². The van der Waals surface area contributed by atoms with E-state index < -0.39 is 0 Å². The first-order chi connectivity index (χ1) is 9.56. The summed E-state index contributed by atoms with van der Waals surface area (Å²) in [6.07, 6.45) is 0.855. The molecule has 0 saturated carbocycles. The minimum Gasteiger partial charge on any atom is -0.485 e. The number of benzene rings is 2. The molecule has 2 atom stereocenters. The van der Waals surface area contributed by atoms with Gasteiger partial charge in [-0.05, 0) is 42.7 Å². The minimum absolute atomic E-state index is 0.0239. The second-order valence-electron chi connectivity index (χ2n) is 5.44. The molecule has 3 heteroatoms. The Bertz CT molecular complexity index is 633. The number of nitrogens with two attached hydrogens (primary N) is 1. The molecule has 1 unspecified atom stereocenters. The molecule has 1 heterocycles. The fourth-order valence-electron chi connectivity index (χ4n) is 2.99. The molecule has 2 N–H and O–H groups in total. The van der Waals surface area contributed by atoms with Gasteiger partial charge in [-0.15, -0.1) is 0 Å². The van der Waals surface area contributed by atoms with Crippen molar-refractivity contribution in [3.05, 3.63) is 63.1 Å². The number of halogens is 1. The van der Waals surface area contributed by atoms with Crippen LogP contribution in [0.1, 0.15) is 40.8 Å². The maximum atomic E-state index is 6.33. The quantitative estimate of drug-likeness (QED) is 0.829. The molecule has 0 fully saturated rings. The fourth-order valence-corrected chi connectivity index (χ4v) is 3.33. The molecule has 0 saturated heterocycles. The first-order valence-electron chi connectivity index (χ1n) is 6.84. The van der Waals surface area contributed by atoms with Gasteiger partial charge in [0.25, 0.3) is 0 Å². The van der Waals surface area contributed by atoms with Gasteiger partial charge in [-0.3, -0.25) is 0 Å². The lowest BCUT2D eigenvalue weighted by atomic mass is 9.89. The van der Waals surface area contributed by atoms with E-state index in [1.165, 1.54) is 16.7 Å². The van der Waals surface area contributed by atoms with Gasteiger partial charge in [-0.25, -0.2) is 0 Å². The van der Waals surface area contributed by atoms with Crippen molar-refractivity contribution in [3.8, 4) is 5.75 Å². The average Bonchev–Trinajstić information content (AvgIpc) is 2.38. The highest BCUT2D eigenvalue weighted by molar-refractivity contribution is 9.10. The van der Waals surface area contributed by atoms with Crippen LogP contribution in [0.4, 0.5) is 0 Å². The summed E-state index contributed by atoms with van der Waals surface area (Å²) in [6, 6.07) is 12.4. The number of hydrogen-bond acceptors (Lipinski definition) is 2. The van der Waals surface area contributed by atoms with Crippen LogP contribution in [0.2, 0.25) is 0 Å². The zero-order valence-corrected chi connectivity index (χ0v) is 13.3. The molecular formula is C17H18BrNO. The highest BCUT2D eigenvalue weighted by Crippen LogP contribution is 2.42. The second kappa shape index (κ2) is 5.23. The maximum absolute atomic E-state index is 6.33. The molecule has 1 aliphatic heterocycles. The molecule has 0 spiro atoms. The molecule has 2 aromatic carbocycles. The monoisotopic (exact) mass is 331 g/mol. The Morgan fingerprint density at radius 2 is 1.85 bits per heavy atom. The van der Waals surface area contributed by atoms with E-state index in [4.69, 9.17) is 10.5 Å². The van der Waals surface area contributed by atoms with Crippen LogP contribution in [0.25, 0.3) is 0 Å². The Morgan fingerprint density at radius 1 is 1.15 bits per heavy atom. The summed E-state index contributed by atoms with van der Waals surface area (Å²) in [5.74, 6) is 0.894. The van der Waals surface area contributed by atoms with E-state index in [-0.39, 0.29) is 12.1 Å². The summed E-state index contributed by atoms with van der Waals surface area (Å²) in [5.41, 5.74) is 11.2. The standard InChI is InChI=1S/C17H18BrNO/c1-10-4-3-5-11(2)17(10)16-9-14(19)13-7-6-12(18)8-15(13)20-16/h3-8,14,16H,9,19H2,1-2H3/t14-,16?/m1/s1. The number of rotatable bonds is 1. The SMILES string of the molecule is Cc1cccc(C)c1C1C[C@@H](N)c2ccc(Br)cc2O1. The molecule has 20 heavy (non-hydrogen) atoms. The molecule has 0 aliphatic carbocycles. The smallest absolute Gasteiger partial charge is 0.126 e. The van der Waals surface area contributed by atoms with E-state index >= 15 is 0 Å². The highest BCUT2D eigenvalue weighted by Gasteiger charge is 2.28. The highest BCUT2D eigenvalue weighted by atomic mass is 79.9. The molecular weight excluding hydrogens is 314 g/mol. The van der Waals surface area contributed by atoms with E-state index in [1.807, 2.05) is 18.2 Å². The molecule has 0 amide bonds. The third-order valence-corrected chi connectivity index (χ3v) is 4.47. The van der Waals surface area contributed by atoms with E-state index in [0.29, 0.717) is 0 Å². The summed E-state index contributed by atoms with van der Waals surface area (Å²) in [6.45, 7) is 4.27. The van der Waals surface area contributed by atoms with Crippen molar-refractivity contribution in [1.82, 2.24) is 0 Å². The first-order valence-corrected chi connectivity index (χ1v) is 7.63. The molecule has 1 aliphatic rings. The summed E-state index contributed by atoms with van der Waals surface area (Å²) < 4.78 is 7.24. The molecule has 104 valence electrons. The van der Waals surface area contributed by atoms with Gasteiger partial charge in [-0.1, -0.05) is 40.2 Å². The Morgan fingerprint density at radius 3 is 2.55 bits per heavy atom. The number of fused-ring (bicyclic) bond motifs is 1. The summed E-state index contributed by atoms with van der Waals surface area (Å²) in [4.78, 5) is 0. The van der Waals surface area contributed by atoms with Crippen LogP contribution in [-0.4, -0.2) is 0 Å². The van der Waals surface area contributed by atoms with Crippen LogP contribution >= 0.6 is 15.9 Å². The van der Waals surface area contributed by atoms with E-state index in [2.05, 4.69) is 48.0 Å². The Labute approximate surface area is 128 Å². The van der Waals surface area contributed by atoms with Crippen molar-refractivity contribution in [2.75, 3.05) is 0 Å². The molecule has 0 aromatic heterocycles. The van der Waals surface area contributed by atoms with Gasteiger partial charge in [0.1, 0.15) is 11.9 Å². The Kier molecular flexibility index (Phi) is 3.57. The van der Waals surface area contributed by atoms with E-state index in [9.17, 15) is 0 Å². The van der Waals surface area contributed by atoms with E-state index in [0.717, 1.165) is 22.2 Å². The van der Waals surface area contributed by atoms with Crippen molar-refractivity contribution in [2.45, 2.75) is 32.4 Å². The van der Waals surface area contributed by atoms with Crippen LogP contribution < -0.4 is 10.5 Å². The summed E-state index contributed by atoms with van der Waals surface area (Å²) in [5, 5.41) is 0. The molecule has 2 aromatic rings. The van der Waals surface area contributed by atoms with Gasteiger partial charge in [0.15, 0.2) is 0 Å². The zero-order valence-electron chi connectivity index (χ0n) is 11.7. The lowest BCUT2D eigenvalue weighted by Gasteiger charge is -2.32. The van der Waals surface area contributed by atoms with Crippen molar-refractivity contribution in [2.24, 2.45) is 5.73 Å². The van der Waals surface area contributed by atoms with Gasteiger partial charge < -0.3 is 10.5 Å². The third kappa shape index (κ3) is 2.36. The predicted molar refractivity (Wildman–Crippen MR) is 85.0 cm³/mol. The second-order valence-corrected chi connectivity index (χ2v) is 6.35. The zero-order chi connectivity index (χ0) is 14.3. The Balaban J connectivity index is 2.03. The maximum Gasteiger partial charge on any atom is 0.126 e. The van der Waals surface area contributed by atoms with Gasteiger partial charge in [0, 0.05) is 22.5 Å². The molecule has 2 nitrogen and oxygen atoms in total. The molecule has 3 rings (SSSR count). The van der Waals surface area contributed by atoms with Crippen molar-refractivity contribution in [1.29, 1.82) is 0 Å². The predicted octanol–water partition coefficient (Wildman–Crippen LogP) is 4.59. The number of hydrogen-bond donors (Lipinski definition) is 1. The fraction of sp³-hybridized carbons (Fsp3) is 0.294. The average molecular weight is 332 g/mol. The number of ether oxygens (including phenoxy) is 1. The van der Waals surface area contributed by atoms with Gasteiger partial charge in [0.2, 0.25) is 0 Å². The largest absolute Gasteiger partial charge is 0.485 e. The third-order valence-electron chi connectivity index (χ3n) is 3.98. The van der Waals surface area contributed by atoms with Gasteiger partial charge >= 0.3 is 0 Å². The van der Waals surface area contributed by atoms with E-state index in [1.54, 1.807) is 0 Å². The van der Waals surface area contributed by atoms with Crippen LogP contribution in [0, 0.1) is 13.8 Å². The van der Waals surface area contributed by atoms with Gasteiger partial charge in [-0.2, -0.15) is 0 Å². The van der Waals surface area contributed by atoms with Crippen molar-refractivity contribution in [3.63, 3.8) is 0 Å². The minimum atomic E-state index is 0.0239.